The number of rotatable bonds is 0. The molecule has 9 rings (SSSR count). The van der Waals surface area contributed by atoms with Gasteiger partial charge < -0.3 is 0 Å². The van der Waals surface area contributed by atoms with Crippen LogP contribution in [0.1, 0.15) is 116 Å². The van der Waals surface area contributed by atoms with Crippen LogP contribution >= 0.6 is 0 Å². The van der Waals surface area contributed by atoms with Crippen molar-refractivity contribution in [2.45, 2.75) is 116 Å². The summed E-state index contributed by atoms with van der Waals surface area (Å²) in [5.74, 6) is 12.6. The lowest BCUT2D eigenvalue weighted by molar-refractivity contribution is -0.132. The fraction of sp³-hybridized carbons (Fsp3) is 0.944. The normalized spacial score (nSPS) is 58.8. The van der Waals surface area contributed by atoms with E-state index in [0.717, 1.165) is 60.2 Å². The Hall–Kier alpha value is -0.660. The molecule has 9 saturated carbocycles. The molecular weight excluding hydrogens is 464 g/mol. The zero-order chi connectivity index (χ0) is 25.1. The van der Waals surface area contributed by atoms with Gasteiger partial charge in [0.25, 0.3) is 0 Å². The standard InChI is InChI=1S/C36H52O2/c37-35-25-14-13-19-7-1-2-8-20(19)34(25)30-18-32-29(17-33(30)35)28-15-26-23-11-5-3-9-21(23)22-10-4-6-12-24(22)27(26)16-31(28)36(32)38/h19-34H,1-18H2. The van der Waals surface area contributed by atoms with Crippen molar-refractivity contribution >= 4 is 11.6 Å². The van der Waals surface area contributed by atoms with Crippen LogP contribution in [0.5, 0.6) is 0 Å². The fourth-order valence-electron chi connectivity index (χ4n) is 14.9. The SMILES string of the molecule is O=C1C2CC3C(CC2C2CC4C5CCCCC5C5CCCCC5C4CC12)C(=O)C1CCC2CCCCC2C13. The number of hydrogen-bond donors (Lipinski definition) is 0. The van der Waals surface area contributed by atoms with Crippen molar-refractivity contribution in [3.05, 3.63) is 0 Å². The summed E-state index contributed by atoms with van der Waals surface area (Å²) in [4.78, 5) is 28.3. The highest BCUT2D eigenvalue weighted by Gasteiger charge is 2.65. The van der Waals surface area contributed by atoms with Gasteiger partial charge in [-0.25, -0.2) is 0 Å². The molecule has 9 fully saturated rings. The van der Waals surface area contributed by atoms with Crippen LogP contribution in [0.4, 0.5) is 0 Å². The highest BCUT2D eigenvalue weighted by molar-refractivity contribution is 5.90. The van der Waals surface area contributed by atoms with E-state index >= 15 is 0 Å². The van der Waals surface area contributed by atoms with Gasteiger partial charge in [-0.05, 0) is 142 Å². The first-order valence-electron chi connectivity index (χ1n) is 17.8. The fourth-order valence-corrected chi connectivity index (χ4v) is 14.9. The van der Waals surface area contributed by atoms with Crippen molar-refractivity contribution in [1.29, 1.82) is 0 Å². The highest BCUT2D eigenvalue weighted by Crippen LogP contribution is 2.67. The molecule has 0 aliphatic heterocycles. The maximum Gasteiger partial charge on any atom is 0.139 e. The van der Waals surface area contributed by atoms with Crippen molar-refractivity contribution in [3.63, 3.8) is 0 Å². The minimum atomic E-state index is 0.325. The predicted octanol–water partition coefficient (Wildman–Crippen LogP) is 8.13. The lowest BCUT2D eigenvalue weighted by Gasteiger charge is -2.59. The molecule has 0 heterocycles. The van der Waals surface area contributed by atoms with Gasteiger partial charge >= 0.3 is 0 Å². The maximum absolute atomic E-state index is 14.3. The minimum Gasteiger partial charge on any atom is -0.299 e. The van der Waals surface area contributed by atoms with Crippen LogP contribution in [0.3, 0.4) is 0 Å². The highest BCUT2D eigenvalue weighted by atomic mass is 16.1. The quantitative estimate of drug-likeness (QED) is 0.326. The van der Waals surface area contributed by atoms with Gasteiger partial charge in [0.1, 0.15) is 11.6 Å². The number of carbonyl (C=O) groups excluding carboxylic acids is 2. The van der Waals surface area contributed by atoms with Crippen LogP contribution in [0, 0.1) is 94.7 Å². The largest absolute Gasteiger partial charge is 0.299 e. The molecule has 2 heteroatoms. The second-order valence-corrected chi connectivity index (χ2v) is 16.6. The first kappa shape index (κ1) is 24.0. The van der Waals surface area contributed by atoms with E-state index in [4.69, 9.17) is 0 Å². The van der Waals surface area contributed by atoms with Crippen molar-refractivity contribution in [2.75, 3.05) is 0 Å². The van der Waals surface area contributed by atoms with Gasteiger partial charge in [-0.3, -0.25) is 9.59 Å². The minimum absolute atomic E-state index is 0.325. The molecule has 9 aliphatic rings. The topological polar surface area (TPSA) is 34.1 Å². The monoisotopic (exact) mass is 516 g/mol. The van der Waals surface area contributed by atoms with E-state index in [1.54, 1.807) is 0 Å². The second-order valence-electron chi connectivity index (χ2n) is 16.6. The van der Waals surface area contributed by atoms with Crippen LogP contribution in [-0.2, 0) is 9.59 Å². The Morgan fingerprint density at radius 1 is 0.342 bits per heavy atom. The van der Waals surface area contributed by atoms with Crippen LogP contribution in [0.25, 0.3) is 0 Å². The van der Waals surface area contributed by atoms with Gasteiger partial charge in [-0.2, -0.15) is 0 Å². The Morgan fingerprint density at radius 3 is 1.47 bits per heavy atom. The summed E-state index contributed by atoms with van der Waals surface area (Å²) in [6, 6.07) is 0. The van der Waals surface area contributed by atoms with E-state index in [9.17, 15) is 9.59 Å². The number of ketones is 2. The maximum atomic E-state index is 14.3. The molecule has 0 N–H and O–H groups in total. The number of fused-ring (bicyclic) bond motifs is 14. The Morgan fingerprint density at radius 2 is 0.789 bits per heavy atom. The van der Waals surface area contributed by atoms with Gasteiger partial charge in [0, 0.05) is 23.7 Å². The summed E-state index contributed by atoms with van der Waals surface area (Å²) in [5.41, 5.74) is 0. The summed E-state index contributed by atoms with van der Waals surface area (Å²) < 4.78 is 0. The first-order valence-corrected chi connectivity index (χ1v) is 17.8. The zero-order valence-corrected chi connectivity index (χ0v) is 23.8. The average molecular weight is 517 g/mol. The van der Waals surface area contributed by atoms with Gasteiger partial charge in [0.15, 0.2) is 0 Å². The van der Waals surface area contributed by atoms with E-state index in [2.05, 4.69) is 0 Å². The molecule has 38 heavy (non-hydrogen) atoms. The Balaban J connectivity index is 1.01. The molecule has 0 aromatic carbocycles. The molecule has 208 valence electrons. The number of carbonyl (C=O) groups is 2. The van der Waals surface area contributed by atoms with Gasteiger partial charge in [-0.1, -0.05) is 44.9 Å². The number of hydrogen-bond acceptors (Lipinski definition) is 2. The summed E-state index contributed by atoms with van der Waals surface area (Å²) >= 11 is 0. The van der Waals surface area contributed by atoms with Crippen LogP contribution < -0.4 is 0 Å². The van der Waals surface area contributed by atoms with E-state index in [-0.39, 0.29) is 0 Å². The molecule has 16 unspecified atom stereocenters. The van der Waals surface area contributed by atoms with Crippen LogP contribution in [-0.4, -0.2) is 11.6 Å². The molecule has 0 bridgehead atoms. The number of Topliss-reactive ketones (excluding diaryl/α,β-unsaturated/α-hetero) is 2. The molecule has 0 amide bonds. The molecule has 0 saturated heterocycles. The second kappa shape index (κ2) is 8.92. The van der Waals surface area contributed by atoms with Crippen molar-refractivity contribution in [2.24, 2.45) is 94.7 Å². The van der Waals surface area contributed by atoms with E-state index < -0.39 is 0 Å². The Labute approximate surface area is 231 Å². The third-order valence-electron chi connectivity index (χ3n) is 15.9. The Bertz CT molecular complexity index is 984. The molecule has 16 atom stereocenters. The molecule has 0 radical (unpaired) electrons. The lowest BCUT2D eigenvalue weighted by atomic mass is 9.46. The zero-order valence-electron chi connectivity index (χ0n) is 23.8. The summed E-state index contributed by atoms with van der Waals surface area (Å²) in [5, 5.41) is 0. The smallest absolute Gasteiger partial charge is 0.139 e. The molecule has 2 nitrogen and oxygen atoms in total. The Kier molecular flexibility index (Phi) is 5.63. The predicted molar refractivity (Wildman–Crippen MR) is 149 cm³/mol. The molecule has 0 spiro atoms. The van der Waals surface area contributed by atoms with Crippen molar-refractivity contribution < 1.29 is 9.59 Å². The molecule has 9 aliphatic carbocycles. The van der Waals surface area contributed by atoms with Gasteiger partial charge in [0.05, 0.1) is 0 Å². The van der Waals surface area contributed by atoms with Gasteiger partial charge in [-0.15, -0.1) is 0 Å². The third-order valence-corrected chi connectivity index (χ3v) is 15.9. The van der Waals surface area contributed by atoms with Crippen molar-refractivity contribution in [1.82, 2.24) is 0 Å². The third kappa shape index (κ3) is 3.24. The lowest BCUT2D eigenvalue weighted by Crippen LogP contribution is -2.52. The summed E-state index contributed by atoms with van der Waals surface area (Å²) in [6.45, 7) is 0. The summed E-state index contributed by atoms with van der Waals surface area (Å²) in [7, 11) is 0. The van der Waals surface area contributed by atoms with Crippen LogP contribution in [0.2, 0.25) is 0 Å². The van der Waals surface area contributed by atoms with E-state index in [0.29, 0.717) is 58.9 Å². The first-order chi connectivity index (χ1) is 18.7. The van der Waals surface area contributed by atoms with E-state index in [1.165, 1.54) is 103 Å². The van der Waals surface area contributed by atoms with Gasteiger partial charge in [0.2, 0.25) is 0 Å². The average Bonchev–Trinajstić information content (AvgIpc) is 3.41. The summed E-state index contributed by atoms with van der Waals surface area (Å²) in [6.07, 6.45) is 24.8. The molecular formula is C36H52O2. The van der Waals surface area contributed by atoms with Crippen LogP contribution in [0.15, 0.2) is 0 Å². The molecule has 0 aromatic heterocycles. The molecule has 0 aromatic rings. The van der Waals surface area contributed by atoms with E-state index in [1.807, 2.05) is 0 Å². The van der Waals surface area contributed by atoms with Crippen molar-refractivity contribution in [3.8, 4) is 0 Å².